The second-order valence-corrected chi connectivity index (χ2v) is 7.71. The monoisotopic (exact) mass is 456 g/mol. The molecule has 3 rings (SSSR count). The summed E-state index contributed by atoms with van der Waals surface area (Å²) < 4.78 is 18.4. The summed E-state index contributed by atoms with van der Waals surface area (Å²) in [4.78, 5) is 52.2. The molecule has 1 atom stereocenters. The van der Waals surface area contributed by atoms with E-state index in [1.807, 2.05) is 6.92 Å². The molecule has 1 aliphatic heterocycles. The second-order valence-electron chi connectivity index (χ2n) is 7.71. The molecule has 5 amide bonds. The van der Waals surface area contributed by atoms with Crippen LogP contribution in [0, 0.1) is 5.82 Å². The fourth-order valence-corrected chi connectivity index (χ4v) is 3.38. The van der Waals surface area contributed by atoms with E-state index in [1.165, 1.54) is 31.3 Å². The van der Waals surface area contributed by atoms with E-state index < -0.39 is 41.7 Å². The van der Waals surface area contributed by atoms with Gasteiger partial charge in [0.25, 0.3) is 5.91 Å². The lowest BCUT2D eigenvalue weighted by atomic mass is 9.92. The minimum absolute atomic E-state index is 0.310. The van der Waals surface area contributed by atoms with Crippen molar-refractivity contribution in [3.8, 4) is 5.75 Å². The summed E-state index contributed by atoms with van der Waals surface area (Å²) in [5.74, 6) is -1.48. The predicted octanol–water partition coefficient (Wildman–Crippen LogP) is 2.09. The number of hydrogen-bond acceptors (Lipinski definition) is 5. The van der Waals surface area contributed by atoms with Gasteiger partial charge in [0, 0.05) is 12.7 Å². The first kappa shape index (κ1) is 23.7. The van der Waals surface area contributed by atoms with Gasteiger partial charge in [0.2, 0.25) is 11.8 Å². The number of halogens is 1. The highest BCUT2D eigenvalue weighted by Crippen LogP contribution is 2.30. The summed E-state index contributed by atoms with van der Waals surface area (Å²) >= 11 is 0. The zero-order valence-corrected chi connectivity index (χ0v) is 18.6. The topological polar surface area (TPSA) is 108 Å². The number of nitrogens with one attached hydrogen (secondary N) is 2. The van der Waals surface area contributed by atoms with Gasteiger partial charge in [0.1, 0.15) is 23.7 Å². The van der Waals surface area contributed by atoms with Gasteiger partial charge in [-0.15, -0.1) is 0 Å². The molecule has 1 unspecified atom stereocenters. The van der Waals surface area contributed by atoms with Crippen LogP contribution in [0.4, 0.5) is 14.9 Å². The zero-order valence-electron chi connectivity index (χ0n) is 18.6. The van der Waals surface area contributed by atoms with Crippen LogP contribution < -0.4 is 15.4 Å². The fourth-order valence-electron chi connectivity index (χ4n) is 3.38. The molecule has 10 heteroatoms. The fraction of sp³-hybridized carbons (Fsp3) is 0.304. The molecule has 0 spiro atoms. The lowest BCUT2D eigenvalue weighted by Crippen LogP contribution is -2.45. The van der Waals surface area contributed by atoms with Gasteiger partial charge in [-0.3, -0.25) is 19.3 Å². The molecule has 2 aromatic rings. The largest absolute Gasteiger partial charge is 0.494 e. The normalized spacial score (nSPS) is 17.5. The Morgan fingerprint density at radius 3 is 2.36 bits per heavy atom. The SMILES string of the molecule is CCOc1ccc(C2(C)NC(=O)N(CC(=O)N(C)CC(=O)Nc3ccc(F)cc3)C2=O)cc1. The van der Waals surface area contributed by atoms with E-state index in [4.69, 9.17) is 4.74 Å². The molecule has 0 aromatic heterocycles. The maximum absolute atomic E-state index is 13.0. The van der Waals surface area contributed by atoms with E-state index in [2.05, 4.69) is 10.6 Å². The number of carbonyl (C=O) groups is 4. The molecule has 1 heterocycles. The lowest BCUT2D eigenvalue weighted by molar-refractivity contribution is -0.139. The molecule has 9 nitrogen and oxygen atoms in total. The molecule has 1 saturated heterocycles. The van der Waals surface area contributed by atoms with Crippen molar-refractivity contribution in [3.05, 3.63) is 59.9 Å². The van der Waals surface area contributed by atoms with Crippen LogP contribution in [0.5, 0.6) is 5.75 Å². The average Bonchev–Trinajstić information content (AvgIpc) is 2.99. The maximum atomic E-state index is 13.0. The smallest absolute Gasteiger partial charge is 0.325 e. The van der Waals surface area contributed by atoms with Gasteiger partial charge in [-0.25, -0.2) is 9.18 Å². The van der Waals surface area contributed by atoms with Crippen LogP contribution in [0.1, 0.15) is 19.4 Å². The molecule has 0 bridgehead atoms. The van der Waals surface area contributed by atoms with Crippen molar-refractivity contribution < 1.29 is 28.3 Å². The third-order valence-electron chi connectivity index (χ3n) is 5.25. The van der Waals surface area contributed by atoms with Crippen LogP contribution in [0.3, 0.4) is 0 Å². The zero-order chi connectivity index (χ0) is 24.2. The Hall–Kier alpha value is -3.95. The van der Waals surface area contributed by atoms with E-state index in [-0.39, 0.29) is 6.54 Å². The molecule has 0 aliphatic carbocycles. The molecule has 174 valence electrons. The number of ether oxygens (including phenoxy) is 1. The van der Waals surface area contributed by atoms with Crippen molar-refractivity contribution >= 4 is 29.4 Å². The standard InChI is InChI=1S/C23H25FN4O5/c1-4-33-18-11-5-15(6-12-18)23(2)21(31)28(22(32)26-23)14-20(30)27(3)13-19(29)25-17-9-7-16(24)8-10-17/h5-12H,4,13-14H2,1-3H3,(H,25,29)(H,26,32). The number of benzene rings is 2. The highest BCUT2D eigenvalue weighted by Gasteiger charge is 2.49. The molecular formula is C23H25FN4O5. The molecule has 1 aliphatic rings. The third-order valence-corrected chi connectivity index (χ3v) is 5.25. The van der Waals surface area contributed by atoms with Gasteiger partial charge >= 0.3 is 6.03 Å². The second kappa shape index (κ2) is 9.68. The number of hydrogen-bond donors (Lipinski definition) is 2. The van der Waals surface area contributed by atoms with Crippen molar-refractivity contribution in [2.24, 2.45) is 0 Å². The Bertz CT molecular complexity index is 1060. The van der Waals surface area contributed by atoms with Gasteiger partial charge in [0.15, 0.2) is 0 Å². The number of nitrogens with zero attached hydrogens (tertiary/aromatic N) is 2. The quantitative estimate of drug-likeness (QED) is 0.592. The number of amides is 5. The maximum Gasteiger partial charge on any atom is 0.325 e. The molecule has 2 aromatic carbocycles. The minimum atomic E-state index is -1.33. The first-order chi connectivity index (χ1) is 15.6. The van der Waals surface area contributed by atoms with Crippen LogP contribution in [0.25, 0.3) is 0 Å². The van der Waals surface area contributed by atoms with Crippen molar-refractivity contribution in [1.29, 1.82) is 0 Å². The Morgan fingerprint density at radius 1 is 1.12 bits per heavy atom. The molecule has 0 saturated carbocycles. The summed E-state index contributed by atoms with van der Waals surface area (Å²) in [5, 5.41) is 5.18. The van der Waals surface area contributed by atoms with Gasteiger partial charge in [-0.2, -0.15) is 0 Å². The van der Waals surface area contributed by atoms with Crippen molar-refractivity contribution in [3.63, 3.8) is 0 Å². The highest BCUT2D eigenvalue weighted by atomic mass is 19.1. The van der Waals surface area contributed by atoms with Crippen molar-refractivity contribution in [2.45, 2.75) is 19.4 Å². The van der Waals surface area contributed by atoms with Gasteiger partial charge in [0.05, 0.1) is 13.2 Å². The van der Waals surface area contributed by atoms with Gasteiger partial charge in [-0.05, 0) is 55.8 Å². The minimum Gasteiger partial charge on any atom is -0.494 e. The number of urea groups is 1. The summed E-state index contributed by atoms with van der Waals surface area (Å²) in [6.45, 7) is 3.09. The van der Waals surface area contributed by atoms with Crippen LogP contribution in [-0.2, 0) is 19.9 Å². The number of imide groups is 1. The molecule has 2 N–H and O–H groups in total. The van der Waals surface area contributed by atoms with Crippen LogP contribution >= 0.6 is 0 Å². The highest BCUT2D eigenvalue weighted by molar-refractivity contribution is 6.09. The summed E-state index contributed by atoms with van der Waals surface area (Å²) in [5.41, 5.74) is -0.408. The Balaban J connectivity index is 1.61. The Labute approximate surface area is 190 Å². The Morgan fingerprint density at radius 2 is 1.76 bits per heavy atom. The van der Waals surface area contributed by atoms with Crippen LogP contribution in [0.2, 0.25) is 0 Å². The van der Waals surface area contributed by atoms with Crippen LogP contribution in [-0.4, -0.2) is 60.3 Å². The number of likely N-dealkylation sites (N-methyl/N-ethyl adjacent to an activating group) is 1. The summed E-state index contributed by atoms with van der Waals surface area (Å²) in [7, 11) is 1.39. The van der Waals surface area contributed by atoms with Gasteiger partial charge < -0.3 is 20.3 Å². The van der Waals surface area contributed by atoms with Crippen molar-refractivity contribution in [2.75, 3.05) is 32.1 Å². The van der Waals surface area contributed by atoms with E-state index in [1.54, 1.807) is 31.2 Å². The van der Waals surface area contributed by atoms with E-state index in [0.29, 0.717) is 23.6 Å². The first-order valence-corrected chi connectivity index (χ1v) is 10.3. The third kappa shape index (κ3) is 5.28. The Kier molecular flexibility index (Phi) is 6.95. The van der Waals surface area contributed by atoms with E-state index in [9.17, 15) is 23.6 Å². The summed E-state index contributed by atoms with van der Waals surface area (Å²) in [6.07, 6.45) is 0. The molecule has 1 fully saturated rings. The van der Waals surface area contributed by atoms with Crippen molar-refractivity contribution in [1.82, 2.24) is 15.1 Å². The lowest BCUT2D eigenvalue weighted by Gasteiger charge is -2.23. The van der Waals surface area contributed by atoms with Gasteiger partial charge in [-0.1, -0.05) is 12.1 Å². The molecule has 0 radical (unpaired) electrons. The van der Waals surface area contributed by atoms with E-state index in [0.717, 1.165) is 9.80 Å². The number of carbonyl (C=O) groups excluding carboxylic acids is 4. The number of rotatable bonds is 8. The summed E-state index contributed by atoms with van der Waals surface area (Å²) in [6, 6.07) is 11.2. The van der Waals surface area contributed by atoms with E-state index >= 15 is 0 Å². The first-order valence-electron chi connectivity index (χ1n) is 10.3. The van der Waals surface area contributed by atoms with Crippen LogP contribution in [0.15, 0.2) is 48.5 Å². The molecular weight excluding hydrogens is 431 g/mol. The number of anilines is 1. The average molecular weight is 456 g/mol. The predicted molar refractivity (Wildman–Crippen MR) is 118 cm³/mol. The molecule has 33 heavy (non-hydrogen) atoms.